The second-order valence-electron chi connectivity index (χ2n) is 4.25. The lowest BCUT2D eigenvalue weighted by Crippen LogP contribution is -2.12. The number of aryl methyl sites for hydroxylation is 1. The van der Waals surface area contributed by atoms with Crippen LogP contribution < -0.4 is 0 Å². The Morgan fingerprint density at radius 3 is 2.71 bits per heavy atom. The van der Waals surface area contributed by atoms with Crippen LogP contribution in [-0.2, 0) is 11.3 Å². The molecule has 0 saturated heterocycles. The largest absolute Gasteiger partial charge is 0.464 e. The molecule has 0 fully saturated rings. The van der Waals surface area contributed by atoms with Crippen LogP contribution in [0.4, 0.5) is 0 Å². The zero-order valence-corrected chi connectivity index (χ0v) is 11.0. The number of unbranched alkanes of at least 4 members (excludes halogenated alkanes) is 4. The molecule has 0 N–H and O–H groups in total. The van der Waals surface area contributed by atoms with Crippen molar-refractivity contribution in [2.24, 2.45) is 0 Å². The van der Waals surface area contributed by atoms with Crippen LogP contribution in [0.5, 0.6) is 0 Å². The molecule has 1 aromatic heterocycles. The number of hydrogen-bond donors (Lipinski definition) is 0. The Kier molecular flexibility index (Phi) is 5.73. The van der Waals surface area contributed by atoms with E-state index in [1.165, 1.54) is 32.8 Å². The Hall–Kier alpha value is -1.32. The highest BCUT2D eigenvalue weighted by molar-refractivity contribution is 5.87. The predicted molar refractivity (Wildman–Crippen MR) is 67.1 cm³/mol. The first kappa shape index (κ1) is 13.7. The lowest BCUT2D eigenvalue weighted by atomic mass is 10.1. The topological polar surface area (TPSA) is 44.1 Å². The summed E-state index contributed by atoms with van der Waals surface area (Å²) in [5.74, 6) is 0.569. The van der Waals surface area contributed by atoms with E-state index in [0.717, 1.165) is 18.8 Å². The van der Waals surface area contributed by atoms with E-state index >= 15 is 0 Å². The quantitative estimate of drug-likeness (QED) is 0.542. The zero-order valence-electron chi connectivity index (χ0n) is 11.0. The number of esters is 1. The van der Waals surface area contributed by atoms with Gasteiger partial charge < -0.3 is 9.30 Å². The Balaban J connectivity index is 2.51. The van der Waals surface area contributed by atoms with Crippen molar-refractivity contribution >= 4 is 5.97 Å². The molecule has 1 heterocycles. The van der Waals surface area contributed by atoms with Gasteiger partial charge in [-0.05, 0) is 13.3 Å². The van der Waals surface area contributed by atoms with Gasteiger partial charge in [0.05, 0.1) is 13.3 Å². The number of carbonyl (C=O) groups is 1. The summed E-state index contributed by atoms with van der Waals surface area (Å²) in [6.45, 7) is 4.97. The van der Waals surface area contributed by atoms with Crippen LogP contribution in [0.15, 0.2) is 6.20 Å². The van der Waals surface area contributed by atoms with Crippen molar-refractivity contribution < 1.29 is 9.53 Å². The molecule has 96 valence electrons. The van der Waals surface area contributed by atoms with Gasteiger partial charge in [0, 0.05) is 6.54 Å². The molecular weight excluding hydrogens is 216 g/mol. The van der Waals surface area contributed by atoms with Crippen LogP contribution in [0, 0.1) is 6.92 Å². The van der Waals surface area contributed by atoms with Crippen molar-refractivity contribution in [3.05, 3.63) is 17.7 Å². The molecule has 0 aliphatic heterocycles. The average molecular weight is 238 g/mol. The van der Waals surface area contributed by atoms with Gasteiger partial charge in [-0.15, -0.1) is 0 Å². The van der Waals surface area contributed by atoms with Gasteiger partial charge in [0.1, 0.15) is 11.5 Å². The van der Waals surface area contributed by atoms with Crippen molar-refractivity contribution in [2.75, 3.05) is 7.11 Å². The third-order valence-electron chi connectivity index (χ3n) is 2.93. The molecule has 0 bridgehead atoms. The van der Waals surface area contributed by atoms with Crippen LogP contribution in [0.2, 0.25) is 0 Å². The second kappa shape index (κ2) is 7.09. The number of imidazole rings is 1. The third kappa shape index (κ3) is 3.88. The van der Waals surface area contributed by atoms with E-state index in [-0.39, 0.29) is 5.97 Å². The highest BCUT2D eigenvalue weighted by Gasteiger charge is 2.14. The van der Waals surface area contributed by atoms with Crippen LogP contribution >= 0.6 is 0 Å². The summed E-state index contributed by atoms with van der Waals surface area (Å²) in [6, 6.07) is 0. The fourth-order valence-electron chi connectivity index (χ4n) is 1.89. The van der Waals surface area contributed by atoms with Gasteiger partial charge in [-0.25, -0.2) is 9.78 Å². The minimum atomic E-state index is -0.306. The summed E-state index contributed by atoms with van der Waals surface area (Å²) in [4.78, 5) is 15.7. The standard InChI is InChI=1S/C13H22N2O2/c1-4-5-6-7-8-9-15-11(2)14-10-12(15)13(16)17-3/h10H,4-9H2,1-3H3. The molecule has 0 atom stereocenters. The molecule has 1 rings (SSSR count). The molecule has 0 saturated carbocycles. The molecule has 0 aliphatic carbocycles. The second-order valence-corrected chi connectivity index (χ2v) is 4.25. The fraction of sp³-hybridized carbons (Fsp3) is 0.692. The molecule has 0 amide bonds. The number of hydrogen-bond acceptors (Lipinski definition) is 3. The van der Waals surface area contributed by atoms with Gasteiger partial charge in [-0.1, -0.05) is 32.6 Å². The summed E-state index contributed by atoms with van der Waals surface area (Å²) in [7, 11) is 1.40. The highest BCUT2D eigenvalue weighted by Crippen LogP contribution is 2.10. The Morgan fingerprint density at radius 1 is 1.35 bits per heavy atom. The Labute approximate surface area is 103 Å². The predicted octanol–water partition coefficient (Wildman–Crippen LogP) is 2.95. The number of ether oxygens (including phenoxy) is 1. The summed E-state index contributed by atoms with van der Waals surface area (Å²) in [5.41, 5.74) is 0.556. The number of rotatable bonds is 7. The summed E-state index contributed by atoms with van der Waals surface area (Å²) in [6.07, 6.45) is 7.67. The van der Waals surface area contributed by atoms with E-state index < -0.39 is 0 Å². The molecular formula is C13H22N2O2. The summed E-state index contributed by atoms with van der Waals surface area (Å²) < 4.78 is 6.68. The zero-order chi connectivity index (χ0) is 12.7. The van der Waals surface area contributed by atoms with Crippen molar-refractivity contribution in [1.82, 2.24) is 9.55 Å². The van der Waals surface area contributed by atoms with Gasteiger partial charge in [0.15, 0.2) is 0 Å². The molecule has 1 aromatic rings. The van der Waals surface area contributed by atoms with Gasteiger partial charge in [0.2, 0.25) is 0 Å². The van der Waals surface area contributed by atoms with E-state index in [4.69, 9.17) is 4.74 Å². The molecule has 0 aliphatic rings. The Morgan fingerprint density at radius 2 is 2.06 bits per heavy atom. The molecule has 0 unspecified atom stereocenters. The van der Waals surface area contributed by atoms with Crippen molar-refractivity contribution in [3.8, 4) is 0 Å². The van der Waals surface area contributed by atoms with E-state index in [2.05, 4.69) is 11.9 Å². The van der Waals surface area contributed by atoms with E-state index in [9.17, 15) is 4.79 Å². The van der Waals surface area contributed by atoms with Crippen LogP contribution in [0.25, 0.3) is 0 Å². The molecule has 17 heavy (non-hydrogen) atoms. The smallest absolute Gasteiger partial charge is 0.356 e. The number of methoxy groups -OCH3 is 1. The number of nitrogens with zero attached hydrogens (tertiary/aromatic N) is 2. The fourth-order valence-corrected chi connectivity index (χ4v) is 1.89. The first-order chi connectivity index (χ1) is 8.20. The van der Waals surface area contributed by atoms with Crippen LogP contribution in [0.1, 0.15) is 55.3 Å². The normalized spacial score (nSPS) is 10.5. The first-order valence-corrected chi connectivity index (χ1v) is 6.31. The van der Waals surface area contributed by atoms with Crippen LogP contribution in [0.3, 0.4) is 0 Å². The maximum atomic E-state index is 11.5. The van der Waals surface area contributed by atoms with Crippen molar-refractivity contribution in [1.29, 1.82) is 0 Å². The van der Waals surface area contributed by atoms with Gasteiger partial charge in [-0.2, -0.15) is 0 Å². The monoisotopic (exact) mass is 238 g/mol. The van der Waals surface area contributed by atoms with E-state index in [1.54, 1.807) is 6.20 Å². The number of carbonyl (C=O) groups excluding carboxylic acids is 1. The maximum Gasteiger partial charge on any atom is 0.356 e. The van der Waals surface area contributed by atoms with Crippen molar-refractivity contribution in [3.63, 3.8) is 0 Å². The van der Waals surface area contributed by atoms with Gasteiger partial charge >= 0.3 is 5.97 Å². The van der Waals surface area contributed by atoms with Gasteiger partial charge in [0.25, 0.3) is 0 Å². The van der Waals surface area contributed by atoms with Crippen LogP contribution in [-0.4, -0.2) is 22.6 Å². The molecule has 0 spiro atoms. The van der Waals surface area contributed by atoms with Gasteiger partial charge in [-0.3, -0.25) is 0 Å². The lowest BCUT2D eigenvalue weighted by Gasteiger charge is -2.08. The summed E-state index contributed by atoms with van der Waals surface area (Å²) in [5, 5.41) is 0. The highest BCUT2D eigenvalue weighted by atomic mass is 16.5. The number of aromatic nitrogens is 2. The SMILES string of the molecule is CCCCCCCn1c(C(=O)OC)cnc1C. The van der Waals surface area contributed by atoms with Crippen molar-refractivity contribution in [2.45, 2.75) is 52.5 Å². The molecule has 0 aromatic carbocycles. The maximum absolute atomic E-state index is 11.5. The Bertz CT molecular complexity index is 358. The first-order valence-electron chi connectivity index (χ1n) is 6.31. The van der Waals surface area contributed by atoms with E-state index in [1.807, 2.05) is 11.5 Å². The average Bonchev–Trinajstić information content (AvgIpc) is 2.70. The molecule has 4 nitrogen and oxygen atoms in total. The summed E-state index contributed by atoms with van der Waals surface area (Å²) >= 11 is 0. The van der Waals surface area contributed by atoms with E-state index in [0.29, 0.717) is 5.69 Å². The lowest BCUT2D eigenvalue weighted by molar-refractivity contribution is 0.0588. The minimum absolute atomic E-state index is 0.306. The minimum Gasteiger partial charge on any atom is -0.464 e. The third-order valence-corrected chi connectivity index (χ3v) is 2.93. The molecule has 0 radical (unpaired) electrons. The molecule has 4 heteroatoms.